The molecule has 2 aromatic rings. The van der Waals surface area contributed by atoms with Crippen LogP contribution >= 0.6 is 0 Å². The standard InChI is InChI=1S/C24H35N5O2/c1-27(14-9-17-31-21-11-4-2-5-12-21)23(30)19-28-15-8-10-20(18-28)24-26-25-22-13-6-3-7-16-29(22)24/h2,4-5,11-12,20H,3,6-10,13-19H2,1H3. The normalized spacial score (nSPS) is 19.5. The van der Waals surface area contributed by atoms with E-state index in [1.807, 2.05) is 42.3 Å². The number of hydrogen-bond donors (Lipinski definition) is 0. The zero-order chi connectivity index (χ0) is 21.5. The molecule has 0 aliphatic carbocycles. The maximum absolute atomic E-state index is 12.8. The summed E-state index contributed by atoms with van der Waals surface area (Å²) >= 11 is 0. The molecule has 1 amide bonds. The number of piperidine rings is 1. The van der Waals surface area contributed by atoms with Crippen LogP contribution in [0.15, 0.2) is 30.3 Å². The highest BCUT2D eigenvalue weighted by molar-refractivity contribution is 5.78. The van der Waals surface area contributed by atoms with Crippen molar-refractivity contribution >= 4 is 5.91 Å². The predicted molar refractivity (Wildman–Crippen MR) is 120 cm³/mol. The van der Waals surface area contributed by atoms with Gasteiger partial charge in [-0.05, 0) is 50.8 Å². The van der Waals surface area contributed by atoms with Crippen molar-refractivity contribution in [2.45, 2.75) is 57.4 Å². The summed E-state index contributed by atoms with van der Waals surface area (Å²) in [5.74, 6) is 3.73. The van der Waals surface area contributed by atoms with Gasteiger partial charge in [-0.15, -0.1) is 10.2 Å². The minimum atomic E-state index is 0.181. The van der Waals surface area contributed by atoms with Crippen molar-refractivity contribution in [2.24, 2.45) is 0 Å². The second-order valence-corrected chi connectivity index (χ2v) is 8.84. The number of aryl methyl sites for hydroxylation is 1. The first kappa shape index (κ1) is 21.8. The van der Waals surface area contributed by atoms with Gasteiger partial charge in [0.05, 0.1) is 13.2 Å². The molecule has 1 aromatic heterocycles. The van der Waals surface area contributed by atoms with Gasteiger partial charge in [0.2, 0.25) is 5.91 Å². The first-order chi connectivity index (χ1) is 15.2. The van der Waals surface area contributed by atoms with Crippen molar-refractivity contribution in [3.8, 4) is 5.75 Å². The van der Waals surface area contributed by atoms with Gasteiger partial charge in [-0.1, -0.05) is 24.6 Å². The van der Waals surface area contributed by atoms with E-state index in [1.54, 1.807) is 0 Å². The third kappa shape index (κ3) is 5.85. The first-order valence-corrected chi connectivity index (χ1v) is 11.8. The molecular formula is C24H35N5O2. The molecule has 1 atom stereocenters. The van der Waals surface area contributed by atoms with E-state index in [2.05, 4.69) is 19.7 Å². The van der Waals surface area contributed by atoms with Gasteiger partial charge in [-0.3, -0.25) is 9.69 Å². The van der Waals surface area contributed by atoms with E-state index in [0.717, 1.165) is 62.7 Å². The Balaban J connectivity index is 1.23. The first-order valence-electron chi connectivity index (χ1n) is 11.8. The molecule has 1 saturated heterocycles. The minimum Gasteiger partial charge on any atom is -0.494 e. The molecule has 0 saturated carbocycles. The van der Waals surface area contributed by atoms with Crippen molar-refractivity contribution in [2.75, 3.05) is 39.8 Å². The lowest BCUT2D eigenvalue weighted by molar-refractivity contribution is -0.131. The molecule has 0 spiro atoms. The van der Waals surface area contributed by atoms with Crippen LogP contribution in [0.3, 0.4) is 0 Å². The number of aromatic nitrogens is 3. The van der Waals surface area contributed by atoms with Gasteiger partial charge in [-0.2, -0.15) is 0 Å². The number of ether oxygens (including phenoxy) is 1. The van der Waals surface area contributed by atoms with Gasteiger partial charge in [0, 0.05) is 39.0 Å². The van der Waals surface area contributed by atoms with Crippen LogP contribution in [0.2, 0.25) is 0 Å². The summed E-state index contributed by atoms with van der Waals surface area (Å²) in [6.45, 7) is 4.73. The van der Waals surface area contributed by atoms with E-state index >= 15 is 0 Å². The lowest BCUT2D eigenvalue weighted by Crippen LogP contribution is -2.43. The highest BCUT2D eigenvalue weighted by atomic mass is 16.5. The average Bonchev–Trinajstić information content (AvgIpc) is 3.05. The van der Waals surface area contributed by atoms with Crippen LogP contribution in [0.5, 0.6) is 5.75 Å². The Morgan fingerprint density at radius 1 is 1.13 bits per heavy atom. The van der Waals surface area contributed by atoms with E-state index in [0.29, 0.717) is 25.6 Å². The average molecular weight is 426 g/mol. The van der Waals surface area contributed by atoms with Gasteiger partial charge in [-0.25, -0.2) is 0 Å². The van der Waals surface area contributed by atoms with Crippen LogP contribution in [-0.4, -0.2) is 70.3 Å². The van der Waals surface area contributed by atoms with Crippen LogP contribution in [0.1, 0.15) is 56.1 Å². The van der Waals surface area contributed by atoms with Gasteiger partial charge < -0.3 is 14.2 Å². The smallest absolute Gasteiger partial charge is 0.236 e. The number of rotatable bonds is 8. The number of carbonyl (C=O) groups excluding carboxylic acids is 1. The quantitative estimate of drug-likeness (QED) is 0.608. The fourth-order valence-corrected chi connectivity index (χ4v) is 4.66. The molecule has 1 fully saturated rings. The van der Waals surface area contributed by atoms with E-state index < -0.39 is 0 Å². The molecule has 31 heavy (non-hydrogen) atoms. The van der Waals surface area contributed by atoms with Crippen molar-refractivity contribution in [1.82, 2.24) is 24.6 Å². The van der Waals surface area contributed by atoms with Crippen LogP contribution < -0.4 is 4.74 Å². The zero-order valence-electron chi connectivity index (χ0n) is 18.7. The molecule has 2 aliphatic rings. The molecule has 1 aromatic carbocycles. The van der Waals surface area contributed by atoms with E-state index in [4.69, 9.17) is 4.74 Å². The monoisotopic (exact) mass is 425 g/mol. The Kier molecular flexibility index (Phi) is 7.57. The zero-order valence-corrected chi connectivity index (χ0v) is 18.7. The second-order valence-electron chi connectivity index (χ2n) is 8.84. The third-order valence-corrected chi connectivity index (χ3v) is 6.44. The molecular weight excluding hydrogens is 390 g/mol. The molecule has 3 heterocycles. The Morgan fingerprint density at radius 2 is 2.00 bits per heavy atom. The molecule has 0 radical (unpaired) electrons. The SMILES string of the molecule is CN(CCCOc1ccccc1)C(=O)CN1CCCC(c2nnc3n2CCCCC3)C1. The number of likely N-dealkylation sites (N-methyl/N-ethyl adjacent to an activating group) is 1. The summed E-state index contributed by atoms with van der Waals surface area (Å²) in [6.07, 6.45) is 7.81. The van der Waals surface area contributed by atoms with Gasteiger partial charge in [0.15, 0.2) is 0 Å². The van der Waals surface area contributed by atoms with Gasteiger partial charge in [0.25, 0.3) is 0 Å². The number of para-hydroxylation sites is 1. The van der Waals surface area contributed by atoms with Crippen molar-refractivity contribution < 1.29 is 9.53 Å². The fourth-order valence-electron chi connectivity index (χ4n) is 4.66. The third-order valence-electron chi connectivity index (χ3n) is 6.44. The lowest BCUT2D eigenvalue weighted by atomic mass is 9.97. The molecule has 0 N–H and O–H groups in total. The van der Waals surface area contributed by atoms with Crippen molar-refractivity contribution in [3.05, 3.63) is 42.0 Å². The summed E-state index contributed by atoms with van der Waals surface area (Å²) < 4.78 is 8.10. The van der Waals surface area contributed by atoms with E-state index in [-0.39, 0.29) is 5.91 Å². The Bertz CT molecular complexity index is 838. The number of benzene rings is 1. The fraction of sp³-hybridized carbons (Fsp3) is 0.625. The summed E-state index contributed by atoms with van der Waals surface area (Å²) in [4.78, 5) is 16.9. The number of fused-ring (bicyclic) bond motifs is 1. The minimum absolute atomic E-state index is 0.181. The van der Waals surface area contributed by atoms with Crippen LogP contribution in [0.25, 0.3) is 0 Å². The van der Waals surface area contributed by atoms with Gasteiger partial charge in [0.1, 0.15) is 17.4 Å². The Hall–Kier alpha value is -2.41. The van der Waals surface area contributed by atoms with Crippen LogP contribution in [0.4, 0.5) is 0 Å². The van der Waals surface area contributed by atoms with Crippen molar-refractivity contribution in [1.29, 1.82) is 0 Å². The molecule has 168 valence electrons. The molecule has 7 heteroatoms. The Labute approximate surface area is 185 Å². The summed E-state index contributed by atoms with van der Waals surface area (Å²) in [5, 5.41) is 9.04. The highest BCUT2D eigenvalue weighted by Gasteiger charge is 2.28. The van der Waals surface area contributed by atoms with Crippen LogP contribution in [-0.2, 0) is 17.8 Å². The van der Waals surface area contributed by atoms with E-state index in [1.165, 1.54) is 19.3 Å². The predicted octanol–water partition coefficient (Wildman–Crippen LogP) is 3.11. The maximum atomic E-state index is 12.8. The number of likely N-dealkylation sites (tertiary alicyclic amines) is 1. The topological polar surface area (TPSA) is 63.5 Å². The summed E-state index contributed by atoms with van der Waals surface area (Å²) in [5.41, 5.74) is 0. The lowest BCUT2D eigenvalue weighted by Gasteiger charge is -2.33. The molecule has 7 nitrogen and oxygen atoms in total. The van der Waals surface area contributed by atoms with Gasteiger partial charge >= 0.3 is 0 Å². The number of amides is 1. The molecule has 2 aliphatic heterocycles. The maximum Gasteiger partial charge on any atom is 0.236 e. The summed E-state index contributed by atoms with van der Waals surface area (Å²) in [7, 11) is 1.89. The van der Waals surface area contributed by atoms with E-state index in [9.17, 15) is 4.79 Å². The molecule has 1 unspecified atom stereocenters. The Morgan fingerprint density at radius 3 is 2.87 bits per heavy atom. The second kappa shape index (κ2) is 10.8. The number of hydrogen-bond acceptors (Lipinski definition) is 5. The molecule has 0 bridgehead atoms. The summed E-state index contributed by atoms with van der Waals surface area (Å²) in [6, 6.07) is 9.82. The van der Waals surface area contributed by atoms with Crippen LogP contribution in [0, 0.1) is 0 Å². The largest absolute Gasteiger partial charge is 0.494 e. The number of carbonyl (C=O) groups is 1. The molecule has 4 rings (SSSR count). The van der Waals surface area contributed by atoms with Crippen molar-refractivity contribution in [3.63, 3.8) is 0 Å². The number of nitrogens with zero attached hydrogens (tertiary/aromatic N) is 5. The highest BCUT2D eigenvalue weighted by Crippen LogP contribution is 2.28.